The fourth-order valence-corrected chi connectivity index (χ4v) is 1.63. The Morgan fingerprint density at radius 1 is 1.39 bits per heavy atom. The fraction of sp³-hybridized carbons (Fsp3) is 0.0769. The number of hydrogen-bond acceptors (Lipinski definition) is 4. The molecule has 0 aliphatic rings. The summed E-state index contributed by atoms with van der Waals surface area (Å²) >= 11 is 0. The normalized spacial score (nSPS) is 10.9. The Hall–Kier alpha value is -2.56. The number of aryl methyl sites for hydroxylation is 1. The van der Waals surface area contributed by atoms with Gasteiger partial charge in [0.15, 0.2) is 0 Å². The van der Waals surface area contributed by atoms with Gasteiger partial charge in [-0.3, -0.25) is 10.1 Å². The quantitative estimate of drug-likeness (QED) is 0.510. The topological polar surface area (TPSA) is 82.3 Å². The minimum absolute atomic E-state index is 0.0302. The highest BCUT2D eigenvalue weighted by Crippen LogP contribution is 2.26. The summed E-state index contributed by atoms with van der Waals surface area (Å²) in [6, 6.07) is 6.65. The van der Waals surface area contributed by atoms with Crippen molar-refractivity contribution in [1.82, 2.24) is 0 Å². The molecule has 0 saturated heterocycles. The van der Waals surface area contributed by atoms with Crippen LogP contribution in [0.15, 0.2) is 34.9 Å². The molecule has 1 aromatic heterocycles. The van der Waals surface area contributed by atoms with Crippen LogP contribution in [0.3, 0.4) is 0 Å². The van der Waals surface area contributed by atoms with Crippen molar-refractivity contribution in [2.75, 3.05) is 5.73 Å². The molecule has 1 aromatic carbocycles. The Kier molecular flexibility index (Phi) is 3.14. The summed E-state index contributed by atoms with van der Waals surface area (Å²) in [6.07, 6.45) is 5.10. The molecular formula is C13H12N2O3. The summed E-state index contributed by atoms with van der Waals surface area (Å²) in [5.74, 6) is 0.699. The van der Waals surface area contributed by atoms with Crippen LogP contribution in [0, 0.1) is 17.0 Å². The van der Waals surface area contributed by atoms with E-state index in [1.165, 1.54) is 6.07 Å². The summed E-state index contributed by atoms with van der Waals surface area (Å²) in [7, 11) is 0. The zero-order chi connectivity index (χ0) is 13.1. The van der Waals surface area contributed by atoms with Crippen LogP contribution in [0.2, 0.25) is 0 Å². The van der Waals surface area contributed by atoms with Crippen molar-refractivity contribution in [3.8, 4) is 0 Å². The first-order valence-corrected chi connectivity index (χ1v) is 5.34. The second-order valence-corrected chi connectivity index (χ2v) is 3.87. The molecule has 5 heteroatoms. The van der Waals surface area contributed by atoms with Crippen molar-refractivity contribution < 1.29 is 9.34 Å². The minimum atomic E-state index is -0.439. The van der Waals surface area contributed by atoms with E-state index in [9.17, 15) is 10.1 Å². The summed E-state index contributed by atoms with van der Waals surface area (Å²) < 4.78 is 5.15. The Morgan fingerprint density at radius 3 is 2.78 bits per heavy atom. The van der Waals surface area contributed by atoms with Crippen LogP contribution in [0.5, 0.6) is 0 Å². The maximum atomic E-state index is 10.7. The maximum Gasteiger partial charge on any atom is 0.274 e. The van der Waals surface area contributed by atoms with Gasteiger partial charge >= 0.3 is 0 Å². The average Bonchev–Trinajstić information content (AvgIpc) is 2.82. The van der Waals surface area contributed by atoms with Gasteiger partial charge in [0.2, 0.25) is 0 Å². The number of furan rings is 1. The van der Waals surface area contributed by atoms with Crippen molar-refractivity contribution in [3.63, 3.8) is 0 Å². The van der Waals surface area contributed by atoms with E-state index in [0.29, 0.717) is 17.0 Å². The number of rotatable bonds is 3. The third-order valence-corrected chi connectivity index (χ3v) is 2.57. The third-order valence-electron chi connectivity index (χ3n) is 2.57. The smallest absolute Gasteiger partial charge is 0.274 e. The first-order chi connectivity index (χ1) is 8.58. The van der Waals surface area contributed by atoms with Crippen LogP contribution in [0.1, 0.15) is 16.9 Å². The van der Waals surface area contributed by atoms with Gasteiger partial charge in [0, 0.05) is 17.3 Å². The first kappa shape index (κ1) is 11.9. The van der Waals surface area contributed by atoms with Gasteiger partial charge in [-0.1, -0.05) is 0 Å². The van der Waals surface area contributed by atoms with E-state index in [2.05, 4.69) is 0 Å². The monoisotopic (exact) mass is 244 g/mol. The van der Waals surface area contributed by atoms with Gasteiger partial charge in [0.1, 0.15) is 5.76 Å². The average molecular weight is 244 g/mol. The molecule has 2 rings (SSSR count). The molecular weight excluding hydrogens is 232 g/mol. The van der Waals surface area contributed by atoms with Gasteiger partial charge in [0.25, 0.3) is 5.69 Å². The largest absolute Gasteiger partial charge is 0.465 e. The van der Waals surface area contributed by atoms with Crippen molar-refractivity contribution >= 4 is 23.5 Å². The number of benzene rings is 1. The fourth-order valence-electron chi connectivity index (χ4n) is 1.63. The lowest BCUT2D eigenvalue weighted by Gasteiger charge is -2.03. The Morgan fingerprint density at radius 2 is 2.17 bits per heavy atom. The molecule has 2 aromatic rings. The van der Waals surface area contributed by atoms with Crippen molar-refractivity contribution in [1.29, 1.82) is 0 Å². The highest BCUT2D eigenvalue weighted by atomic mass is 16.6. The number of nitrogens with zero attached hydrogens (tertiary/aromatic N) is 1. The third kappa shape index (κ3) is 2.40. The van der Waals surface area contributed by atoms with E-state index in [0.717, 1.165) is 5.56 Å². The van der Waals surface area contributed by atoms with Crippen LogP contribution >= 0.6 is 0 Å². The van der Waals surface area contributed by atoms with Crippen LogP contribution in [0.25, 0.3) is 12.2 Å². The van der Waals surface area contributed by atoms with Gasteiger partial charge < -0.3 is 10.2 Å². The van der Waals surface area contributed by atoms with E-state index < -0.39 is 4.92 Å². The molecule has 0 unspecified atom stereocenters. The number of hydrogen-bond donors (Lipinski definition) is 1. The summed E-state index contributed by atoms with van der Waals surface area (Å²) in [5, 5.41) is 10.7. The number of nitrogens with two attached hydrogens (primary N) is 1. The Bertz CT molecular complexity index is 601. The summed E-state index contributed by atoms with van der Waals surface area (Å²) in [6.45, 7) is 1.68. The first-order valence-electron chi connectivity index (χ1n) is 5.34. The second-order valence-electron chi connectivity index (χ2n) is 3.87. The highest BCUT2D eigenvalue weighted by Gasteiger charge is 2.12. The molecule has 0 bridgehead atoms. The molecule has 2 N–H and O–H groups in total. The van der Waals surface area contributed by atoms with E-state index in [1.54, 1.807) is 37.5 Å². The predicted molar refractivity (Wildman–Crippen MR) is 69.9 cm³/mol. The molecule has 0 spiro atoms. The molecule has 0 aliphatic carbocycles. The van der Waals surface area contributed by atoms with E-state index in [4.69, 9.17) is 10.2 Å². The molecule has 18 heavy (non-hydrogen) atoms. The molecule has 0 fully saturated rings. The molecule has 0 radical (unpaired) electrons. The Balaban J connectivity index is 2.35. The molecule has 0 aliphatic heterocycles. The van der Waals surface area contributed by atoms with Gasteiger partial charge in [-0.25, -0.2) is 0 Å². The van der Waals surface area contributed by atoms with Crippen molar-refractivity contribution in [2.24, 2.45) is 0 Å². The van der Waals surface area contributed by atoms with E-state index in [1.807, 2.05) is 6.07 Å². The number of nitro benzene ring substituents is 1. The van der Waals surface area contributed by atoms with Gasteiger partial charge in [-0.2, -0.15) is 0 Å². The van der Waals surface area contributed by atoms with E-state index in [-0.39, 0.29) is 5.69 Å². The molecule has 0 saturated carbocycles. The molecule has 0 amide bonds. The Labute approximate surface area is 104 Å². The lowest BCUT2D eigenvalue weighted by Crippen LogP contribution is -1.96. The van der Waals surface area contributed by atoms with E-state index >= 15 is 0 Å². The lowest BCUT2D eigenvalue weighted by molar-refractivity contribution is -0.385. The summed E-state index contributed by atoms with van der Waals surface area (Å²) in [5.41, 5.74) is 7.49. The zero-order valence-electron chi connectivity index (χ0n) is 9.79. The van der Waals surface area contributed by atoms with Gasteiger partial charge in [0.05, 0.1) is 11.2 Å². The predicted octanol–water partition coefficient (Wildman–Crippen LogP) is 3.25. The number of anilines is 1. The highest BCUT2D eigenvalue weighted by molar-refractivity contribution is 5.76. The molecule has 1 heterocycles. The zero-order valence-corrected chi connectivity index (χ0v) is 9.79. The van der Waals surface area contributed by atoms with Crippen LogP contribution in [-0.2, 0) is 0 Å². The van der Waals surface area contributed by atoms with Crippen molar-refractivity contribution in [3.05, 3.63) is 57.5 Å². The summed E-state index contributed by atoms with van der Waals surface area (Å²) in [4.78, 5) is 10.3. The van der Waals surface area contributed by atoms with Crippen LogP contribution < -0.4 is 5.73 Å². The standard InChI is InChI=1S/C13H12N2O3/c1-9-7-10(4-5-11-3-2-6-18-11)12(14)8-13(9)15(16)17/h2-8H,14H2,1H3/b5-4-. The lowest BCUT2D eigenvalue weighted by atomic mass is 10.1. The van der Waals surface area contributed by atoms with Crippen LogP contribution in [-0.4, -0.2) is 4.92 Å². The molecule has 5 nitrogen and oxygen atoms in total. The number of nitro groups is 1. The van der Waals surface area contributed by atoms with Gasteiger partial charge in [-0.05, 0) is 42.8 Å². The van der Waals surface area contributed by atoms with Crippen LogP contribution in [0.4, 0.5) is 11.4 Å². The van der Waals surface area contributed by atoms with Crippen molar-refractivity contribution in [2.45, 2.75) is 6.92 Å². The second kappa shape index (κ2) is 4.75. The molecule has 92 valence electrons. The maximum absolute atomic E-state index is 10.7. The minimum Gasteiger partial charge on any atom is -0.465 e. The number of nitrogen functional groups attached to an aromatic ring is 1. The SMILES string of the molecule is Cc1cc(/C=C\c2ccco2)c(N)cc1[N+](=O)[O-]. The molecule has 0 atom stereocenters. The van der Waals surface area contributed by atoms with Gasteiger partial charge in [-0.15, -0.1) is 0 Å².